The van der Waals surface area contributed by atoms with E-state index in [4.69, 9.17) is 27.9 Å². The van der Waals surface area contributed by atoms with E-state index in [0.29, 0.717) is 20.2 Å². The monoisotopic (exact) mass is 378 g/mol. The third-order valence-corrected chi connectivity index (χ3v) is 4.06. The maximum atomic E-state index is 11.3. The van der Waals surface area contributed by atoms with E-state index in [-0.39, 0.29) is 17.2 Å². The molecule has 1 aromatic carbocycles. The van der Waals surface area contributed by atoms with Gasteiger partial charge in [0.05, 0.1) is 15.7 Å². The summed E-state index contributed by atoms with van der Waals surface area (Å²) in [5.74, 6) is -0.773. The first-order valence-electron chi connectivity index (χ1n) is 5.40. The van der Waals surface area contributed by atoms with Crippen LogP contribution in [0.4, 0.5) is 0 Å². The average molecular weight is 380 g/mol. The van der Waals surface area contributed by atoms with Gasteiger partial charge in [-0.15, -0.1) is 0 Å². The lowest BCUT2D eigenvalue weighted by molar-refractivity contribution is 0.0693. The molecule has 0 bridgehead atoms. The third-order valence-electron chi connectivity index (χ3n) is 2.56. The molecule has 5 nitrogen and oxygen atoms in total. The van der Waals surface area contributed by atoms with E-state index < -0.39 is 5.97 Å². The van der Waals surface area contributed by atoms with Crippen LogP contribution in [-0.2, 0) is 7.05 Å². The molecule has 0 fully saturated rings. The number of hydrogen-bond acceptors (Lipinski definition) is 3. The average Bonchev–Trinajstić information content (AvgIpc) is 2.61. The van der Waals surface area contributed by atoms with Crippen molar-refractivity contribution in [3.05, 3.63) is 37.9 Å². The minimum absolute atomic E-state index is 0.0115. The number of halogens is 3. The molecule has 0 radical (unpaired) electrons. The second-order valence-corrected chi connectivity index (χ2v) is 5.66. The molecular formula is C12H9BrCl2N2O3. The molecule has 20 heavy (non-hydrogen) atoms. The highest BCUT2D eigenvalue weighted by atomic mass is 79.9. The Morgan fingerprint density at radius 3 is 2.65 bits per heavy atom. The molecule has 1 N–H and O–H groups in total. The molecule has 0 amide bonds. The first-order valence-corrected chi connectivity index (χ1v) is 6.95. The van der Waals surface area contributed by atoms with Crippen LogP contribution in [0.5, 0.6) is 11.6 Å². The number of nitrogens with zero attached hydrogens (tertiary/aromatic N) is 2. The number of aromatic carboxylic acids is 1. The Hall–Kier alpha value is -1.24. The van der Waals surface area contributed by atoms with Crippen molar-refractivity contribution in [2.24, 2.45) is 7.05 Å². The fourth-order valence-corrected chi connectivity index (χ4v) is 2.52. The Labute approximate surface area is 133 Å². The largest absolute Gasteiger partial charge is 0.477 e. The van der Waals surface area contributed by atoms with Crippen LogP contribution in [0, 0.1) is 6.92 Å². The molecule has 0 aliphatic carbocycles. The lowest BCUT2D eigenvalue weighted by Crippen LogP contribution is -2.02. The molecule has 1 heterocycles. The molecule has 0 saturated carbocycles. The number of aryl methyl sites for hydroxylation is 2. The standard InChI is InChI=1S/C12H9BrCl2N2O3/c1-5-10(12(18)19)11(17(2)16-5)20-9-4-7(14)6(13)3-8(9)15/h3-4H,1-2H3,(H,18,19). The fourth-order valence-electron chi connectivity index (χ4n) is 1.69. The van der Waals surface area contributed by atoms with Crippen molar-refractivity contribution in [1.29, 1.82) is 0 Å². The summed E-state index contributed by atoms with van der Waals surface area (Å²) in [6.45, 7) is 1.59. The lowest BCUT2D eigenvalue weighted by atomic mass is 10.2. The maximum absolute atomic E-state index is 11.3. The van der Waals surface area contributed by atoms with Crippen molar-refractivity contribution >= 4 is 45.1 Å². The molecule has 2 rings (SSSR count). The van der Waals surface area contributed by atoms with E-state index in [9.17, 15) is 9.90 Å². The van der Waals surface area contributed by atoms with Crippen LogP contribution in [-0.4, -0.2) is 20.9 Å². The van der Waals surface area contributed by atoms with Gasteiger partial charge in [0.2, 0.25) is 5.88 Å². The smallest absolute Gasteiger partial charge is 0.343 e. The van der Waals surface area contributed by atoms with Gasteiger partial charge in [-0.05, 0) is 28.9 Å². The molecule has 0 spiro atoms. The fraction of sp³-hybridized carbons (Fsp3) is 0.167. The number of benzene rings is 1. The molecule has 2 aromatic rings. The third kappa shape index (κ3) is 2.77. The number of carboxylic acid groups (broad SMARTS) is 1. The predicted octanol–water partition coefficient (Wildman–Crippen LogP) is 4.29. The maximum Gasteiger partial charge on any atom is 0.343 e. The van der Waals surface area contributed by atoms with Gasteiger partial charge in [-0.3, -0.25) is 0 Å². The topological polar surface area (TPSA) is 64.4 Å². The Morgan fingerprint density at radius 1 is 1.40 bits per heavy atom. The molecular weight excluding hydrogens is 371 g/mol. The minimum Gasteiger partial charge on any atom is -0.477 e. The number of carboxylic acids is 1. The molecule has 0 unspecified atom stereocenters. The van der Waals surface area contributed by atoms with Crippen LogP contribution in [0.1, 0.15) is 16.1 Å². The van der Waals surface area contributed by atoms with Gasteiger partial charge in [-0.1, -0.05) is 23.2 Å². The molecule has 1 aromatic heterocycles. The van der Waals surface area contributed by atoms with Crippen LogP contribution in [0.3, 0.4) is 0 Å². The summed E-state index contributed by atoms with van der Waals surface area (Å²) in [7, 11) is 1.59. The molecule has 0 aliphatic heterocycles. The van der Waals surface area contributed by atoms with Gasteiger partial charge in [0, 0.05) is 17.6 Å². The number of carbonyl (C=O) groups is 1. The summed E-state index contributed by atoms with van der Waals surface area (Å²) in [4.78, 5) is 11.3. The van der Waals surface area contributed by atoms with Crippen LogP contribution < -0.4 is 4.74 Å². The van der Waals surface area contributed by atoms with Crippen LogP contribution in [0.15, 0.2) is 16.6 Å². The van der Waals surface area contributed by atoms with Gasteiger partial charge in [0.1, 0.15) is 11.3 Å². The van der Waals surface area contributed by atoms with E-state index in [1.165, 1.54) is 10.7 Å². The molecule has 0 atom stereocenters. The van der Waals surface area contributed by atoms with E-state index >= 15 is 0 Å². The zero-order valence-electron chi connectivity index (χ0n) is 10.4. The van der Waals surface area contributed by atoms with E-state index in [1.54, 1.807) is 20.0 Å². The molecule has 0 saturated heterocycles. The van der Waals surface area contributed by atoms with Gasteiger partial charge in [-0.25, -0.2) is 9.48 Å². The second kappa shape index (κ2) is 5.63. The Bertz CT molecular complexity index is 700. The van der Waals surface area contributed by atoms with Gasteiger partial charge in [0.15, 0.2) is 0 Å². The van der Waals surface area contributed by atoms with Gasteiger partial charge in [-0.2, -0.15) is 5.10 Å². The van der Waals surface area contributed by atoms with Crippen molar-refractivity contribution in [2.75, 3.05) is 0 Å². The highest BCUT2D eigenvalue weighted by Gasteiger charge is 2.22. The second-order valence-electron chi connectivity index (χ2n) is 3.99. The quantitative estimate of drug-likeness (QED) is 0.808. The van der Waals surface area contributed by atoms with Crippen molar-refractivity contribution < 1.29 is 14.6 Å². The normalized spacial score (nSPS) is 10.7. The first kappa shape index (κ1) is 15.2. The predicted molar refractivity (Wildman–Crippen MR) is 79.1 cm³/mol. The summed E-state index contributed by atoms with van der Waals surface area (Å²) in [5, 5.41) is 13.9. The van der Waals surface area contributed by atoms with Crippen LogP contribution in [0.25, 0.3) is 0 Å². The lowest BCUT2D eigenvalue weighted by Gasteiger charge is -2.10. The van der Waals surface area contributed by atoms with Gasteiger partial charge < -0.3 is 9.84 Å². The van der Waals surface area contributed by atoms with Crippen molar-refractivity contribution in [3.63, 3.8) is 0 Å². The van der Waals surface area contributed by atoms with Crippen LogP contribution >= 0.6 is 39.1 Å². The number of hydrogen-bond donors (Lipinski definition) is 1. The summed E-state index contributed by atoms with van der Waals surface area (Å²) < 4.78 is 7.53. The van der Waals surface area contributed by atoms with Crippen molar-refractivity contribution in [3.8, 4) is 11.6 Å². The summed E-state index contributed by atoms with van der Waals surface area (Å²) in [6.07, 6.45) is 0. The van der Waals surface area contributed by atoms with Crippen LogP contribution in [0.2, 0.25) is 10.0 Å². The highest BCUT2D eigenvalue weighted by Crippen LogP contribution is 2.37. The van der Waals surface area contributed by atoms with E-state index in [2.05, 4.69) is 21.0 Å². The molecule has 106 valence electrons. The number of ether oxygens (including phenoxy) is 1. The Balaban J connectivity index is 2.50. The highest BCUT2D eigenvalue weighted by molar-refractivity contribution is 9.10. The van der Waals surface area contributed by atoms with Gasteiger partial charge >= 0.3 is 5.97 Å². The first-order chi connectivity index (χ1) is 9.31. The minimum atomic E-state index is -1.12. The van der Waals surface area contributed by atoms with Crippen molar-refractivity contribution in [2.45, 2.75) is 6.92 Å². The van der Waals surface area contributed by atoms with Crippen molar-refractivity contribution in [1.82, 2.24) is 9.78 Å². The SMILES string of the molecule is Cc1nn(C)c(Oc2cc(Cl)c(Br)cc2Cl)c1C(=O)O. The zero-order valence-corrected chi connectivity index (χ0v) is 13.5. The van der Waals surface area contributed by atoms with Gasteiger partial charge in [0.25, 0.3) is 0 Å². The summed E-state index contributed by atoms with van der Waals surface area (Å²) in [6, 6.07) is 3.07. The molecule has 8 heteroatoms. The van der Waals surface area contributed by atoms with E-state index in [0.717, 1.165) is 0 Å². The Kier molecular flexibility index (Phi) is 4.27. The zero-order chi connectivity index (χ0) is 15.0. The number of rotatable bonds is 3. The van der Waals surface area contributed by atoms with E-state index in [1.807, 2.05) is 0 Å². The summed E-state index contributed by atoms with van der Waals surface area (Å²) >= 11 is 15.3. The molecule has 0 aliphatic rings. The summed E-state index contributed by atoms with van der Waals surface area (Å²) in [5.41, 5.74) is 0.344. The number of aromatic nitrogens is 2. The Morgan fingerprint density at radius 2 is 2.05 bits per heavy atom.